The number of quaternary nitrogens is 1. The Morgan fingerprint density at radius 2 is 1.70 bits per heavy atom. The minimum atomic E-state index is -0.243. The average molecular weight is 366 g/mol. The molecule has 2 aliphatic rings. The lowest BCUT2D eigenvalue weighted by molar-refractivity contribution is -0.915. The molecule has 1 atom stereocenters. The quantitative estimate of drug-likeness (QED) is 0.726. The van der Waals surface area contributed by atoms with E-state index < -0.39 is 0 Å². The maximum atomic E-state index is 12.8. The van der Waals surface area contributed by atoms with Crippen LogP contribution in [0.1, 0.15) is 12.0 Å². The number of benzene rings is 1. The van der Waals surface area contributed by atoms with Gasteiger partial charge < -0.3 is 9.80 Å². The Morgan fingerprint density at radius 1 is 1.00 bits per heavy atom. The van der Waals surface area contributed by atoms with Crippen LogP contribution in [0.25, 0.3) is 0 Å². The van der Waals surface area contributed by atoms with Crippen molar-refractivity contribution in [2.75, 3.05) is 37.6 Å². The Bertz CT molecular complexity index is 791. The normalized spacial score (nSPS) is 21.1. The number of imide groups is 1. The van der Waals surface area contributed by atoms with Crippen LogP contribution in [0.3, 0.4) is 0 Å². The van der Waals surface area contributed by atoms with Gasteiger partial charge in [-0.3, -0.25) is 14.5 Å². The number of anilines is 1. The van der Waals surface area contributed by atoms with E-state index in [0.717, 1.165) is 37.7 Å². The van der Waals surface area contributed by atoms with Crippen molar-refractivity contribution in [2.24, 2.45) is 0 Å². The average Bonchev–Trinajstić information content (AvgIpc) is 3.01. The lowest BCUT2D eigenvalue weighted by atomic mass is 10.1. The first-order valence-corrected chi connectivity index (χ1v) is 9.47. The van der Waals surface area contributed by atoms with Gasteiger partial charge >= 0.3 is 0 Å². The predicted molar refractivity (Wildman–Crippen MR) is 100 cm³/mol. The molecule has 1 aromatic heterocycles. The molecule has 1 N–H and O–H groups in total. The highest BCUT2D eigenvalue weighted by atomic mass is 16.2. The number of hydrogen-bond acceptors (Lipinski definition) is 5. The Kier molecular flexibility index (Phi) is 5.11. The molecule has 140 valence electrons. The number of likely N-dealkylation sites (tertiary alicyclic amines) is 1. The molecule has 3 heterocycles. The van der Waals surface area contributed by atoms with Gasteiger partial charge in [0.25, 0.3) is 5.91 Å². The Labute approximate surface area is 158 Å². The van der Waals surface area contributed by atoms with Gasteiger partial charge in [-0.2, -0.15) is 0 Å². The molecule has 4 rings (SSSR count). The summed E-state index contributed by atoms with van der Waals surface area (Å²) in [6, 6.07) is 11.5. The Morgan fingerprint density at radius 3 is 2.41 bits per heavy atom. The molecule has 0 radical (unpaired) electrons. The molecule has 1 aromatic carbocycles. The topological polar surface area (TPSA) is 70.8 Å². The van der Waals surface area contributed by atoms with Crippen molar-refractivity contribution in [3.8, 4) is 0 Å². The van der Waals surface area contributed by atoms with E-state index >= 15 is 0 Å². The zero-order valence-electron chi connectivity index (χ0n) is 15.3. The van der Waals surface area contributed by atoms with Gasteiger partial charge in [0.05, 0.1) is 32.6 Å². The van der Waals surface area contributed by atoms with Gasteiger partial charge in [-0.15, -0.1) is 0 Å². The minimum absolute atomic E-state index is 0.0182. The second-order valence-electron chi connectivity index (χ2n) is 7.07. The lowest BCUT2D eigenvalue weighted by Gasteiger charge is -2.34. The summed E-state index contributed by atoms with van der Waals surface area (Å²) in [5.41, 5.74) is 1.14. The summed E-state index contributed by atoms with van der Waals surface area (Å²) in [5, 5.41) is 0. The van der Waals surface area contributed by atoms with Crippen molar-refractivity contribution < 1.29 is 14.5 Å². The Hall–Kier alpha value is -2.80. The van der Waals surface area contributed by atoms with E-state index in [2.05, 4.69) is 14.9 Å². The fraction of sp³-hybridized carbons (Fsp3) is 0.400. The molecule has 0 saturated carbocycles. The lowest BCUT2D eigenvalue weighted by Crippen LogP contribution is -3.19. The van der Waals surface area contributed by atoms with E-state index in [9.17, 15) is 9.59 Å². The first-order chi connectivity index (χ1) is 13.2. The molecule has 2 aromatic rings. The molecule has 27 heavy (non-hydrogen) atoms. The largest absolute Gasteiger partial charge is 0.330 e. The molecule has 0 aliphatic carbocycles. The van der Waals surface area contributed by atoms with Crippen molar-refractivity contribution in [2.45, 2.75) is 18.9 Å². The van der Waals surface area contributed by atoms with Gasteiger partial charge in [0, 0.05) is 18.9 Å². The van der Waals surface area contributed by atoms with E-state index in [0.29, 0.717) is 19.4 Å². The molecule has 0 spiro atoms. The predicted octanol–water partition coefficient (Wildman–Crippen LogP) is -0.448. The number of piperazine rings is 1. The fourth-order valence-electron chi connectivity index (χ4n) is 3.92. The third kappa shape index (κ3) is 3.83. The van der Waals surface area contributed by atoms with E-state index in [4.69, 9.17) is 0 Å². The first-order valence-electron chi connectivity index (χ1n) is 9.47. The number of carbonyl (C=O) groups excluding carboxylic acids is 2. The van der Waals surface area contributed by atoms with Crippen molar-refractivity contribution in [3.05, 3.63) is 54.4 Å². The molecule has 2 aliphatic heterocycles. The van der Waals surface area contributed by atoms with Crippen molar-refractivity contribution in [1.29, 1.82) is 0 Å². The number of rotatable bonds is 5. The highest BCUT2D eigenvalue weighted by molar-refractivity contribution is 6.04. The standard InChI is InChI=1S/C20H23N5O2/c26-18-15-17(19(27)25(18)10-7-16-5-2-1-3-6-16)23-11-13-24(14-12-23)20-21-8-4-9-22-20/h1-6,8-9,17H,7,10-15H2/p+1/t17-/m0/s1. The summed E-state index contributed by atoms with van der Waals surface area (Å²) in [7, 11) is 0. The van der Waals surface area contributed by atoms with Crippen LogP contribution < -0.4 is 9.80 Å². The zero-order chi connectivity index (χ0) is 18.6. The summed E-state index contributed by atoms with van der Waals surface area (Å²) < 4.78 is 0. The van der Waals surface area contributed by atoms with Gasteiger partial charge in [0.15, 0.2) is 6.04 Å². The fourth-order valence-corrected chi connectivity index (χ4v) is 3.92. The van der Waals surface area contributed by atoms with E-state index in [1.807, 2.05) is 30.3 Å². The third-order valence-corrected chi connectivity index (χ3v) is 5.44. The molecule has 0 unspecified atom stereocenters. The molecular formula is C20H24N5O2+. The monoisotopic (exact) mass is 366 g/mol. The van der Waals surface area contributed by atoms with Crippen molar-refractivity contribution in [3.63, 3.8) is 0 Å². The van der Waals surface area contributed by atoms with Crippen molar-refractivity contribution in [1.82, 2.24) is 14.9 Å². The van der Waals surface area contributed by atoms with Crippen LogP contribution in [-0.2, 0) is 16.0 Å². The minimum Gasteiger partial charge on any atom is -0.330 e. The Balaban J connectivity index is 1.34. The van der Waals surface area contributed by atoms with Gasteiger partial charge in [0.1, 0.15) is 0 Å². The highest BCUT2D eigenvalue weighted by Crippen LogP contribution is 2.13. The van der Waals surface area contributed by atoms with Crippen LogP contribution in [0.5, 0.6) is 0 Å². The molecule has 2 fully saturated rings. The van der Waals surface area contributed by atoms with Gasteiger partial charge in [0.2, 0.25) is 11.9 Å². The molecule has 2 saturated heterocycles. The molecule has 2 amide bonds. The zero-order valence-corrected chi connectivity index (χ0v) is 15.3. The van der Waals surface area contributed by atoms with Crippen LogP contribution in [0.4, 0.5) is 5.95 Å². The number of nitrogens with one attached hydrogen (secondary N) is 1. The SMILES string of the molecule is O=C1C[C@H]([NH+]2CCN(c3ncccn3)CC2)C(=O)N1CCc1ccccc1. The first kappa shape index (κ1) is 17.6. The summed E-state index contributed by atoms with van der Waals surface area (Å²) >= 11 is 0. The number of nitrogens with zero attached hydrogens (tertiary/aromatic N) is 4. The summed E-state index contributed by atoms with van der Waals surface area (Å²) in [6.45, 7) is 3.68. The van der Waals surface area contributed by atoms with Gasteiger partial charge in [-0.25, -0.2) is 9.97 Å². The summed E-state index contributed by atoms with van der Waals surface area (Å²) in [4.78, 5) is 38.6. The van der Waals surface area contributed by atoms with E-state index in [-0.39, 0.29) is 17.9 Å². The summed E-state index contributed by atoms with van der Waals surface area (Å²) in [5.74, 6) is 0.674. The van der Waals surface area contributed by atoms with Crippen LogP contribution in [0.2, 0.25) is 0 Å². The number of hydrogen-bond donors (Lipinski definition) is 1. The molecule has 0 bridgehead atoms. The maximum absolute atomic E-state index is 12.8. The van der Waals surface area contributed by atoms with Crippen LogP contribution in [-0.4, -0.2) is 65.4 Å². The molecular weight excluding hydrogens is 342 g/mol. The molecule has 7 heteroatoms. The third-order valence-electron chi connectivity index (χ3n) is 5.44. The second kappa shape index (κ2) is 7.84. The van der Waals surface area contributed by atoms with Crippen LogP contribution in [0, 0.1) is 0 Å². The van der Waals surface area contributed by atoms with Crippen molar-refractivity contribution >= 4 is 17.8 Å². The van der Waals surface area contributed by atoms with E-state index in [1.165, 1.54) is 9.80 Å². The van der Waals surface area contributed by atoms with Crippen LogP contribution in [0.15, 0.2) is 48.8 Å². The highest BCUT2D eigenvalue weighted by Gasteiger charge is 2.45. The number of carbonyl (C=O) groups is 2. The van der Waals surface area contributed by atoms with E-state index in [1.54, 1.807) is 18.5 Å². The number of aromatic nitrogens is 2. The van der Waals surface area contributed by atoms with Gasteiger partial charge in [-0.1, -0.05) is 30.3 Å². The van der Waals surface area contributed by atoms with Gasteiger partial charge in [-0.05, 0) is 18.1 Å². The van der Waals surface area contributed by atoms with Crippen LogP contribution >= 0.6 is 0 Å². The smallest absolute Gasteiger partial charge is 0.288 e. The maximum Gasteiger partial charge on any atom is 0.288 e. The molecule has 7 nitrogen and oxygen atoms in total. The second-order valence-corrected chi connectivity index (χ2v) is 7.07. The number of amides is 2. The summed E-state index contributed by atoms with van der Waals surface area (Å²) in [6.07, 6.45) is 4.51.